The van der Waals surface area contributed by atoms with Crippen LogP contribution in [0.3, 0.4) is 0 Å². The van der Waals surface area contributed by atoms with Gasteiger partial charge in [-0.3, -0.25) is 4.79 Å². The van der Waals surface area contributed by atoms with Crippen LogP contribution in [0.2, 0.25) is 0 Å². The summed E-state index contributed by atoms with van der Waals surface area (Å²) < 4.78 is 2.89. The van der Waals surface area contributed by atoms with Gasteiger partial charge < -0.3 is 5.32 Å². The maximum absolute atomic E-state index is 12.5. The van der Waals surface area contributed by atoms with Crippen molar-refractivity contribution in [2.24, 2.45) is 0 Å². The Morgan fingerprint density at radius 2 is 1.89 bits per heavy atom. The molecule has 4 aromatic rings. The number of carbonyl (C=O) groups is 1. The van der Waals surface area contributed by atoms with E-state index in [0.29, 0.717) is 6.42 Å². The van der Waals surface area contributed by atoms with E-state index in [9.17, 15) is 4.79 Å². The number of nitrogens with one attached hydrogen (secondary N) is 1. The number of fused-ring (bicyclic) bond motifs is 2. The summed E-state index contributed by atoms with van der Waals surface area (Å²) in [5, 5.41) is 8.54. The van der Waals surface area contributed by atoms with Crippen LogP contribution in [-0.4, -0.2) is 20.7 Å². The molecule has 1 unspecified atom stereocenters. The monoisotopic (exact) mass is 374 g/mol. The highest BCUT2D eigenvalue weighted by Gasteiger charge is 2.33. The van der Waals surface area contributed by atoms with E-state index >= 15 is 0 Å². The molecule has 6 heteroatoms. The SMILES string of the molecule is Cc1ccc(C2CC(=O)Nc3c2c(C)nn3-c2nc3ccccc3s2)cc1. The van der Waals surface area contributed by atoms with E-state index in [4.69, 9.17) is 10.1 Å². The van der Waals surface area contributed by atoms with E-state index in [0.717, 1.165) is 38.0 Å². The summed E-state index contributed by atoms with van der Waals surface area (Å²) in [6.07, 6.45) is 0.433. The minimum absolute atomic E-state index is 0.00957. The molecule has 0 spiro atoms. The van der Waals surface area contributed by atoms with Crippen LogP contribution < -0.4 is 5.32 Å². The molecule has 3 heterocycles. The second-order valence-electron chi connectivity index (χ2n) is 6.94. The lowest BCUT2D eigenvalue weighted by Gasteiger charge is -2.24. The van der Waals surface area contributed by atoms with Crippen LogP contribution in [0.5, 0.6) is 0 Å². The molecule has 1 aliphatic heterocycles. The molecule has 0 aliphatic carbocycles. The molecule has 0 radical (unpaired) electrons. The number of amides is 1. The van der Waals surface area contributed by atoms with Crippen LogP contribution >= 0.6 is 11.3 Å². The van der Waals surface area contributed by atoms with Crippen molar-refractivity contribution < 1.29 is 4.79 Å². The van der Waals surface area contributed by atoms with Gasteiger partial charge in [0.15, 0.2) is 0 Å². The third-order valence-electron chi connectivity index (χ3n) is 5.05. The number of carbonyl (C=O) groups excluding carboxylic acids is 1. The summed E-state index contributed by atoms with van der Waals surface area (Å²) >= 11 is 1.57. The van der Waals surface area contributed by atoms with Gasteiger partial charge in [0, 0.05) is 17.9 Å². The predicted molar refractivity (Wildman–Crippen MR) is 108 cm³/mol. The number of benzene rings is 2. The number of hydrogen-bond acceptors (Lipinski definition) is 4. The van der Waals surface area contributed by atoms with E-state index in [1.54, 1.807) is 16.0 Å². The van der Waals surface area contributed by atoms with Crippen LogP contribution in [0, 0.1) is 13.8 Å². The zero-order chi connectivity index (χ0) is 18.5. The number of hydrogen-bond donors (Lipinski definition) is 1. The number of aromatic nitrogens is 3. The number of para-hydroxylation sites is 1. The summed E-state index contributed by atoms with van der Waals surface area (Å²) in [6.45, 7) is 4.07. The van der Waals surface area contributed by atoms with Crippen molar-refractivity contribution in [2.45, 2.75) is 26.2 Å². The molecule has 5 rings (SSSR count). The zero-order valence-corrected chi connectivity index (χ0v) is 15.9. The maximum atomic E-state index is 12.5. The molecule has 134 valence electrons. The first kappa shape index (κ1) is 16.2. The third-order valence-corrected chi connectivity index (χ3v) is 6.06. The van der Waals surface area contributed by atoms with Crippen LogP contribution in [0.1, 0.15) is 34.7 Å². The molecule has 27 heavy (non-hydrogen) atoms. The first-order chi connectivity index (χ1) is 13.1. The highest BCUT2D eigenvalue weighted by molar-refractivity contribution is 7.20. The Balaban J connectivity index is 1.67. The maximum Gasteiger partial charge on any atom is 0.226 e. The number of thiazole rings is 1. The molecule has 2 aromatic heterocycles. The van der Waals surface area contributed by atoms with Crippen LogP contribution in [0.15, 0.2) is 48.5 Å². The Bertz CT molecular complexity index is 1140. The topological polar surface area (TPSA) is 59.8 Å². The van der Waals surface area contributed by atoms with Gasteiger partial charge in [0.2, 0.25) is 11.0 Å². The second kappa shape index (κ2) is 6.03. The van der Waals surface area contributed by atoms with Gasteiger partial charge in [-0.15, -0.1) is 0 Å². The minimum Gasteiger partial charge on any atom is -0.310 e. The lowest BCUT2D eigenvalue weighted by atomic mass is 9.85. The molecule has 1 aliphatic rings. The van der Waals surface area contributed by atoms with Crippen molar-refractivity contribution >= 4 is 33.3 Å². The normalized spacial score (nSPS) is 16.4. The molecule has 2 aromatic carbocycles. The molecule has 0 bridgehead atoms. The number of rotatable bonds is 2. The molecule has 0 saturated heterocycles. The molecule has 5 nitrogen and oxygen atoms in total. The Morgan fingerprint density at radius 3 is 2.67 bits per heavy atom. The Morgan fingerprint density at radius 1 is 1.11 bits per heavy atom. The van der Waals surface area contributed by atoms with Crippen molar-refractivity contribution in [3.05, 3.63) is 70.9 Å². The highest BCUT2D eigenvalue weighted by atomic mass is 32.1. The van der Waals surface area contributed by atoms with Gasteiger partial charge in [0.25, 0.3) is 0 Å². The van der Waals surface area contributed by atoms with E-state index in [1.165, 1.54) is 5.56 Å². The molecule has 0 saturated carbocycles. The van der Waals surface area contributed by atoms with Crippen LogP contribution in [-0.2, 0) is 4.79 Å². The highest BCUT2D eigenvalue weighted by Crippen LogP contribution is 2.41. The minimum atomic E-state index is 0.00957. The standard InChI is InChI=1S/C21H18N4OS/c1-12-7-9-14(10-8-12)15-11-18(26)23-20-19(15)13(2)24-25(20)21-22-16-5-3-4-6-17(16)27-21/h3-10,15H,11H2,1-2H3,(H,23,26). The quantitative estimate of drug-likeness (QED) is 0.559. The van der Waals surface area contributed by atoms with Gasteiger partial charge in [-0.05, 0) is 31.5 Å². The summed E-state index contributed by atoms with van der Waals surface area (Å²) in [5.74, 6) is 0.765. The third kappa shape index (κ3) is 2.64. The first-order valence-corrected chi connectivity index (χ1v) is 9.73. The van der Waals surface area contributed by atoms with Gasteiger partial charge in [0.1, 0.15) is 5.82 Å². The summed E-state index contributed by atoms with van der Waals surface area (Å²) in [5.41, 5.74) is 5.30. The fraction of sp³-hybridized carbons (Fsp3) is 0.190. The number of aryl methyl sites for hydroxylation is 2. The molecule has 1 N–H and O–H groups in total. The van der Waals surface area contributed by atoms with Gasteiger partial charge >= 0.3 is 0 Å². The first-order valence-electron chi connectivity index (χ1n) is 8.92. The van der Waals surface area contributed by atoms with Crippen molar-refractivity contribution in [3.8, 4) is 5.13 Å². The fourth-order valence-corrected chi connectivity index (χ4v) is 4.64. The summed E-state index contributed by atoms with van der Waals surface area (Å²) in [6, 6.07) is 16.4. The number of nitrogens with zero attached hydrogens (tertiary/aromatic N) is 3. The molecule has 0 fully saturated rings. The van der Waals surface area contributed by atoms with Gasteiger partial charge in [-0.25, -0.2) is 4.98 Å². The van der Waals surface area contributed by atoms with Crippen LogP contribution in [0.25, 0.3) is 15.3 Å². The van der Waals surface area contributed by atoms with E-state index in [-0.39, 0.29) is 11.8 Å². The fourth-order valence-electron chi connectivity index (χ4n) is 3.72. The predicted octanol–water partition coefficient (Wildman–Crippen LogP) is 4.57. The summed E-state index contributed by atoms with van der Waals surface area (Å²) in [7, 11) is 0. The lowest BCUT2D eigenvalue weighted by molar-refractivity contribution is -0.116. The van der Waals surface area contributed by atoms with Crippen molar-refractivity contribution in [1.29, 1.82) is 0 Å². The van der Waals surface area contributed by atoms with Gasteiger partial charge in [-0.1, -0.05) is 53.3 Å². The molecule has 1 amide bonds. The average molecular weight is 374 g/mol. The van der Waals surface area contributed by atoms with Crippen molar-refractivity contribution in [2.75, 3.05) is 5.32 Å². The van der Waals surface area contributed by atoms with Crippen molar-refractivity contribution in [1.82, 2.24) is 14.8 Å². The lowest BCUT2D eigenvalue weighted by Crippen LogP contribution is -2.24. The Hall–Kier alpha value is -2.99. The van der Waals surface area contributed by atoms with E-state index in [1.807, 2.05) is 31.2 Å². The van der Waals surface area contributed by atoms with Crippen molar-refractivity contribution in [3.63, 3.8) is 0 Å². The van der Waals surface area contributed by atoms with E-state index < -0.39 is 0 Å². The smallest absolute Gasteiger partial charge is 0.226 e. The zero-order valence-electron chi connectivity index (χ0n) is 15.1. The number of anilines is 1. The van der Waals surface area contributed by atoms with Crippen LogP contribution in [0.4, 0.5) is 5.82 Å². The van der Waals surface area contributed by atoms with Gasteiger partial charge in [-0.2, -0.15) is 9.78 Å². The van der Waals surface area contributed by atoms with Gasteiger partial charge in [0.05, 0.1) is 15.9 Å². The Labute approximate surface area is 160 Å². The largest absolute Gasteiger partial charge is 0.310 e. The van der Waals surface area contributed by atoms with E-state index in [2.05, 4.69) is 36.5 Å². The second-order valence-corrected chi connectivity index (χ2v) is 7.95. The Kier molecular flexibility index (Phi) is 3.62. The molecular weight excluding hydrogens is 356 g/mol. The molecule has 1 atom stereocenters. The summed E-state index contributed by atoms with van der Waals surface area (Å²) in [4.78, 5) is 17.2. The average Bonchev–Trinajstić information content (AvgIpc) is 3.23. The molecular formula is C21H18N4OS.